The van der Waals surface area contributed by atoms with Crippen LogP contribution in [0.4, 0.5) is 18.9 Å². The molecule has 3 N–H and O–H groups in total. The lowest BCUT2D eigenvalue weighted by molar-refractivity contribution is -0.137. The Morgan fingerprint density at radius 2 is 1.94 bits per heavy atom. The fourth-order valence-electron chi connectivity index (χ4n) is 2.56. The molecular formula is C13H17F3N2. The van der Waals surface area contributed by atoms with Crippen LogP contribution in [0.25, 0.3) is 0 Å². The molecule has 100 valence electrons. The van der Waals surface area contributed by atoms with Gasteiger partial charge in [-0.3, -0.25) is 0 Å². The maximum absolute atomic E-state index is 12.8. The van der Waals surface area contributed by atoms with Gasteiger partial charge in [0.25, 0.3) is 0 Å². The van der Waals surface area contributed by atoms with Crippen molar-refractivity contribution < 1.29 is 13.2 Å². The van der Waals surface area contributed by atoms with Gasteiger partial charge in [0, 0.05) is 11.7 Å². The molecule has 2 rings (SSSR count). The van der Waals surface area contributed by atoms with Crippen LogP contribution in [0.15, 0.2) is 24.3 Å². The van der Waals surface area contributed by atoms with E-state index in [-0.39, 0.29) is 17.6 Å². The normalized spacial score (nSPS) is 24.2. The Morgan fingerprint density at radius 1 is 1.22 bits per heavy atom. The molecule has 0 amide bonds. The molecule has 0 heterocycles. The minimum atomic E-state index is -4.32. The summed E-state index contributed by atoms with van der Waals surface area (Å²) >= 11 is 0. The maximum Gasteiger partial charge on any atom is 0.418 e. The van der Waals surface area contributed by atoms with Gasteiger partial charge in [0.1, 0.15) is 0 Å². The number of halogens is 3. The van der Waals surface area contributed by atoms with E-state index in [9.17, 15) is 13.2 Å². The van der Waals surface area contributed by atoms with Gasteiger partial charge in [0.05, 0.1) is 5.56 Å². The smallest absolute Gasteiger partial charge is 0.381 e. The number of hydrogen-bond acceptors (Lipinski definition) is 2. The van der Waals surface area contributed by atoms with Crippen molar-refractivity contribution in [2.75, 3.05) is 11.9 Å². The molecule has 1 saturated carbocycles. The molecule has 18 heavy (non-hydrogen) atoms. The lowest BCUT2D eigenvalue weighted by Crippen LogP contribution is -2.30. The summed E-state index contributed by atoms with van der Waals surface area (Å²) in [6.07, 6.45) is -1.43. The Hall–Kier alpha value is -1.23. The first kappa shape index (κ1) is 13.2. The molecule has 5 heteroatoms. The lowest BCUT2D eigenvalue weighted by Gasteiger charge is -2.23. The summed E-state index contributed by atoms with van der Waals surface area (Å²) in [5, 5.41) is 3.02. The Kier molecular flexibility index (Phi) is 3.80. The van der Waals surface area contributed by atoms with E-state index in [0.717, 1.165) is 25.3 Å². The van der Waals surface area contributed by atoms with Crippen molar-refractivity contribution in [3.8, 4) is 0 Å². The fourth-order valence-corrected chi connectivity index (χ4v) is 2.56. The summed E-state index contributed by atoms with van der Waals surface area (Å²) in [5.41, 5.74) is 5.20. The van der Waals surface area contributed by atoms with E-state index in [1.54, 1.807) is 6.07 Å². The second-order valence-corrected chi connectivity index (χ2v) is 4.72. The number of nitrogens with one attached hydrogen (secondary N) is 1. The van der Waals surface area contributed by atoms with E-state index in [2.05, 4.69) is 5.32 Å². The van der Waals surface area contributed by atoms with Crippen LogP contribution in [-0.4, -0.2) is 12.6 Å². The van der Waals surface area contributed by atoms with Gasteiger partial charge < -0.3 is 11.1 Å². The molecule has 2 unspecified atom stereocenters. The molecule has 1 aromatic rings. The number of alkyl halides is 3. The van der Waals surface area contributed by atoms with Crippen LogP contribution in [0.2, 0.25) is 0 Å². The molecule has 1 aromatic carbocycles. The molecule has 1 fully saturated rings. The Morgan fingerprint density at radius 3 is 2.61 bits per heavy atom. The largest absolute Gasteiger partial charge is 0.418 e. The molecule has 0 bridgehead atoms. The van der Waals surface area contributed by atoms with Crippen molar-refractivity contribution in [1.29, 1.82) is 0 Å². The van der Waals surface area contributed by atoms with Crippen LogP contribution in [-0.2, 0) is 6.18 Å². The van der Waals surface area contributed by atoms with E-state index < -0.39 is 11.7 Å². The highest BCUT2D eigenvalue weighted by molar-refractivity contribution is 5.53. The molecule has 0 aromatic heterocycles. The lowest BCUT2D eigenvalue weighted by atomic mass is 10.0. The van der Waals surface area contributed by atoms with Gasteiger partial charge in [-0.1, -0.05) is 18.6 Å². The first-order valence-electron chi connectivity index (χ1n) is 6.15. The van der Waals surface area contributed by atoms with Crippen molar-refractivity contribution in [3.63, 3.8) is 0 Å². The number of para-hydroxylation sites is 1. The van der Waals surface area contributed by atoms with Gasteiger partial charge in [-0.05, 0) is 37.4 Å². The average molecular weight is 258 g/mol. The summed E-state index contributed by atoms with van der Waals surface area (Å²) in [4.78, 5) is 0. The van der Waals surface area contributed by atoms with Crippen molar-refractivity contribution >= 4 is 5.69 Å². The molecular weight excluding hydrogens is 241 g/mol. The zero-order valence-corrected chi connectivity index (χ0v) is 10.0. The van der Waals surface area contributed by atoms with Crippen molar-refractivity contribution in [2.45, 2.75) is 31.5 Å². The van der Waals surface area contributed by atoms with Gasteiger partial charge in [-0.2, -0.15) is 13.2 Å². The molecule has 1 aliphatic rings. The first-order chi connectivity index (χ1) is 8.52. The third-order valence-corrected chi connectivity index (χ3v) is 3.54. The summed E-state index contributed by atoms with van der Waals surface area (Å²) < 4.78 is 38.5. The van der Waals surface area contributed by atoms with Gasteiger partial charge in [0.2, 0.25) is 0 Å². The van der Waals surface area contributed by atoms with Gasteiger partial charge in [0.15, 0.2) is 0 Å². The summed E-state index contributed by atoms with van der Waals surface area (Å²) in [6.45, 7) is 0.520. The van der Waals surface area contributed by atoms with Gasteiger partial charge in [-0.15, -0.1) is 0 Å². The Bertz CT molecular complexity index is 403. The van der Waals surface area contributed by atoms with Crippen LogP contribution in [0, 0.1) is 5.92 Å². The topological polar surface area (TPSA) is 38.0 Å². The zero-order valence-electron chi connectivity index (χ0n) is 10.0. The van der Waals surface area contributed by atoms with Crippen LogP contribution in [0.3, 0.4) is 0 Å². The number of nitrogens with two attached hydrogens (primary N) is 1. The molecule has 0 radical (unpaired) electrons. The number of benzene rings is 1. The van der Waals surface area contributed by atoms with E-state index in [4.69, 9.17) is 5.73 Å². The van der Waals surface area contributed by atoms with Crippen LogP contribution in [0.5, 0.6) is 0 Å². The molecule has 2 nitrogen and oxygen atoms in total. The standard InChI is InChI=1S/C13H17F3N2/c14-13(15,16)10-5-1-2-6-12(10)18-11-7-3-4-9(11)8-17/h1-2,5-6,9,11,18H,3-4,7-8,17H2. The molecule has 2 atom stereocenters. The number of hydrogen-bond donors (Lipinski definition) is 2. The van der Waals surface area contributed by atoms with Crippen LogP contribution in [0.1, 0.15) is 24.8 Å². The fraction of sp³-hybridized carbons (Fsp3) is 0.538. The average Bonchev–Trinajstić information content (AvgIpc) is 2.75. The van der Waals surface area contributed by atoms with E-state index in [1.165, 1.54) is 12.1 Å². The zero-order chi connectivity index (χ0) is 13.2. The van der Waals surface area contributed by atoms with Crippen molar-refractivity contribution in [1.82, 2.24) is 0 Å². The van der Waals surface area contributed by atoms with E-state index in [0.29, 0.717) is 6.54 Å². The predicted molar refractivity (Wildman–Crippen MR) is 65.3 cm³/mol. The highest BCUT2D eigenvalue weighted by Crippen LogP contribution is 2.36. The number of rotatable bonds is 3. The Balaban J connectivity index is 2.19. The van der Waals surface area contributed by atoms with Gasteiger partial charge >= 0.3 is 6.18 Å². The molecule has 0 aliphatic heterocycles. The predicted octanol–water partition coefficient (Wildman–Crippen LogP) is 3.24. The van der Waals surface area contributed by atoms with Crippen molar-refractivity contribution in [2.24, 2.45) is 11.7 Å². The maximum atomic E-state index is 12.8. The monoisotopic (exact) mass is 258 g/mol. The quantitative estimate of drug-likeness (QED) is 0.873. The number of anilines is 1. The second kappa shape index (κ2) is 5.18. The molecule has 0 spiro atoms. The molecule has 1 aliphatic carbocycles. The summed E-state index contributed by atoms with van der Waals surface area (Å²) in [5.74, 6) is 0.270. The van der Waals surface area contributed by atoms with E-state index >= 15 is 0 Å². The second-order valence-electron chi connectivity index (χ2n) is 4.72. The highest BCUT2D eigenvalue weighted by Gasteiger charge is 2.34. The van der Waals surface area contributed by atoms with Gasteiger partial charge in [-0.25, -0.2) is 0 Å². The summed E-state index contributed by atoms with van der Waals surface area (Å²) in [7, 11) is 0. The minimum absolute atomic E-state index is 0.0542. The van der Waals surface area contributed by atoms with Crippen LogP contribution < -0.4 is 11.1 Å². The Labute approximate surface area is 104 Å². The first-order valence-corrected chi connectivity index (χ1v) is 6.15. The van der Waals surface area contributed by atoms with Crippen molar-refractivity contribution in [3.05, 3.63) is 29.8 Å². The van der Waals surface area contributed by atoms with E-state index in [1.807, 2.05) is 0 Å². The minimum Gasteiger partial charge on any atom is -0.381 e. The SMILES string of the molecule is NCC1CCCC1Nc1ccccc1C(F)(F)F. The third-order valence-electron chi connectivity index (χ3n) is 3.54. The third kappa shape index (κ3) is 2.77. The summed E-state index contributed by atoms with van der Waals surface area (Å²) in [6, 6.07) is 5.66. The van der Waals surface area contributed by atoms with Crippen LogP contribution >= 0.6 is 0 Å². The molecule has 0 saturated heterocycles. The highest BCUT2D eigenvalue weighted by atomic mass is 19.4.